The summed E-state index contributed by atoms with van der Waals surface area (Å²) in [6.07, 6.45) is 40.0. The number of phosphoric acid groups is 1. The smallest absolute Gasteiger partial charge is 0.462 e. The number of hydrogen-bond acceptors (Lipinski definition) is 9. The van der Waals surface area contributed by atoms with E-state index in [1.54, 1.807) is 36.5 Å². The summed E-state index contributed by atoms with van der Waals surface area (Å²) >= 11 is 0. The van der Waals surface area contributed by atoms with E-state index in [1.807, 2.05) is 64.5 Å². The molecule has 0 radical (unpaired) electrons. The zero-order valence-electron chi connectivity index (χ0n) is 36.5. The summed E-state index contributed by atoms with van der Waals surface area (Å²) in [4.78, 5) is 35.3. The zero-order chi connectivity index (χ0) is 43.2. The number of quaternary nitrogens is 1. The molecule has 12 heteroatoms. The van der Waals surface area contributed by atoms with Crippen LogP contribution in [0.4, 0.5) is 0 Å². The van der Waals surface area contributed by atoms with E-state index >= 15 is 0 Å². The molecule has 3 N–H and O–H groups in total. The summed E-state index contributed by atoms with van der Waals surface area (Å²) in [6.45, 7) is 3.97. The van der Waals surface area contributed by atoms with Crippen LogP contribution in [0.2, 0.25) is 0 Å². The molecule has 0 aromatic carbocycles. The molecule has 0 bridgehead atoms. The number of unbranched alkanes of at least 4 members (excludes halogenated alkanes) is 9. The Hall–Kier alpha value is -2.89. The minimum absolute atomic E-state index is 0.00366. The lowest BCUT2D eigenvalue weighted by Crippen LogP contribution is -2.37. The van der Waals surface area contributed by atoms with Gasteiger partial charge in [0.1, 0.15) is 19.8 Å². The lowest BCUT2D eigenvalue weighted by molar-refractivity contribution is -0.870. The average molecular weight is 837 g/mol. The molecule has 0 saturated heterocycles. The molecule has 0 heterocycles. The summed E-state index contributed by atoms with van der Waals surface area (Å²) in [5.74, 6) is -0.986. The Bertz CT molecular complexity index is 1300. The molecule has 332 valence electrons. The molecule has 1 unspecified atom stereocenters. The van der Waals surface area contributed by atoms with Crippen LogP contribution in [0.1, 0.15) is 129 Å². The van der Waals surface area contributed by atoms with Gasteiger partial charge in [0.05, 0.1) is 40.0 Å². The predicted octanol–water partition coefficient (Wildman–Crippen LogP) is 9.96. The monoisotopic (exact) mass is 837 g/mol. The number of hydrogen-bond donors (Lipinski definition) is 3. The number of aliphatic hydroxyl groups is 2. The van der Waals surface area contributed by atoms with E-state index < -0.39 is 44.7 Å². The molecule has 0 aliphatic rings. The Morgan fingerprint density at radius 1 is 0.638 bits per heavy atom. The first-order chi connectivity index (χ1) is 27.8. The summed E-state index contributed by atoms with van der Waals surface area (Å²) in [5, 5.41) is 20.0. The number of allylic oxidation sites excluding steroid dienone is 10. The lowest BCUT2D eigenvalue weighted by Gasteiger charge is -2.24. The number of phosphoric ester groups is 1. The first-order valence-electron chi connectivity index (χ1n) is 21.5. The number of likely N-dealkylation sites (N-methyl/N-ethyl adjacent to an activating group) is 1. The van der Waals surface area contributed by atoms with Crippen LogP contribution in [-0.2, 0) is 32.7 Å². The first-order valence-corrected chi connectivity index (χ1v) is 23.0. The SMILES string of the molecule is CC/C=C\C[C@@H](O)/C=C/C=C\C=C\[C@@H](O)C/C=C\C/C=C\CCC(=O)OC[C@H](COP(=O)(O)OCC[N+](C)(C)C)OC(=O)CCCCCCC/C=C\CCCCCC. The number of carbonyl (C=O) groups is 2. The predicted molar refractivity (Wildman–Crippen MR) is 236 cm³/mol. The van der Waals surface area contributed by atoms with E-state index in [0.29, 0.717) is 43.1 Å². The van der Waals surface area contributed by atoms with E-state index in [9.17, 15) is 29.3 Å². The van der Waals surface area contributed by atoms with E-state index in [-0.39, 0.29) is 26.1 Å². The Morgan fingerprint density at radius 3 is 1.83 bits per heavy atom. The molecule has 0 spiro atoms. The van der Waals surface area contributed by atoms with Crippen molar-refractivity contribution in [2.24, 2.45) is 0 Å². The van der Waals surface area contributed by atoms with Crippen LogP contribution in [0.15, 0.2) is 85.1 Å². The fraction of sp³-hybridized carbons (Fsp3) is 0.652. The van der Waals surface area contributed by atoms with Crippen molar-refractivity contribution < 1.29 is 52.3 Å². The Morgan fingerprint density at radius 2 is 1.21 bits per heavy atom. The largest absolute Gasteiger partial charge is 0.472 e. The van der Waals surface area contributed by atoms with Gasteiger partial charge in [-0.1, -0.05) is 137 Å². The molecule has 58 heavy (non-hydrogen) atoms. The molecule has 0 aromatic heterocycles. The molecule has 0 fully saturated rings. The van der Waals surface area contributed by atoms with Gasteiger partial charge in [-0.2, -0.15) is 0 Å². The molecule has 0 rings (SSSR count). The minimum atomic E-state index is -4.42. The van der Waals surface area contributed by atoms with Gasteiger partial charge >= 0.3 is 19.8 Å². The molecule has 11 nitrogen and oxygen atoms in total. The van der Waals surface area contributed by atoms with Crippen LogP contribution >= 0.6 is 7.82 Å². The third kappa shape index (κ3) is 39.9. The van der Waals surface area contributed by atoms with Gasteiger partial charge in [-0.15, -0.1) is 0 Å². The zero-order valence-corrected chi connectivity index (χ0v) is 37.4. The van der Waals surface area contributed by atoms with Gasteiger partial charge in [-0.3, -0.25) is 18.6 Å². The Kier molecular flexibility index (Phi) is 35.3. The summed E-state index contributed by atoms with van der Waals surface area (Å²) < 4.78 is 34.1. The molecular weight excluding hydrogens is 757 g/mol. The van der Waals surface area contributed by atoms with Gasteiger partial charge in [0, 0.05) is 12.8 Å². The lowest BCUT2D eigenvalue weighted by atomic mass is 10.1. The summed E-state index contributed by atoms with van der Waals surface area (Å²) in [5.41, 5.74) is 0. The maximum Gasteiger partial charge on any atom is 0.472 e. The van der Waals surface area contributed by atoms with Crippen LogP contribution in [0.25, 0.3) is 0 Å². The van der Waals surface area contributed by atoms with Gasteiger partial charge in [0.2, 0.25) is 0 Å². The quantitative estimate of drug-likeness (QED) is 0.0138. The standard InChI is InChI=1S/C46H78NO10P/c1-6-8-10-11-12-13-14-15-16-17-18-23-31-37-46(51)57-44(41-56-58(52,53)55-39-38-47(3,4)5)40-54-45(50)36-30-22-20-19-21-27-33-43(49)35-29-25-24-28-34-42(48)32-26-9-7-2/h9,13-14,20-22,24-29,34-35,42-44,48-49H,6-8,10-12,15-19,23,30-33,36-41H2,1-5H3/p+1/b14-13-,22-20-,25-24-,26-9-,27-21-,34-28+,35-29+/t42-,43+,44-/m1/s1. The average Bonchev–Trinajstić information content (AvgIpc) is 3.16. The van der Waals surface area contributed by atoms with Crippen molar-refractivity contribution >= 4 is 19.8 Å². The molecule has 0 aliphatic carbocycles. The Labute approximate surface area is 351 Å². The molecule has 0 aromatic rings. The molecule has 0 saturated carbocycles. The number of aliphatic hydroxyl groups excluding tert-OH is 2. The number of rotatable bonds is 37. The third-order valence-electron chi connectivity index (χ3n) is 8.59. The van der Waals surface area contributed by atoms with Crippen molar-refractivity contribution in [2.75, 3.05) is 47.5 Å². The highest BCUT2D eigenvalue weighted by atomic mass is 31.2. The first kappa shape index (κ1) is 55.1. The van der Waals surface area contributed by atoms with Crippen molar-refractivity contribution in [3.8, 4) is 0 Å². The number of ether oxygens (including phenoxy) is 2. The second kappa shape index (κ2) is 37.1. The van der Waals surface area contributed by atoms with Gasteiger partial charge in [0.15, 0.2) is 6.10 Å². The fourth-order valence-electron chi connectivity index (χ4n) is 5.15. The number of carbonyl (C=O) groups excluding carboxylic acids is 2. The number of esters is 2. The van der Waals surface area contributed by atoms with Crippen LogP contribution in [0.5, 0.6) is 0 Å². The van der Waals surface area contributed by atoms with Crippen molar-refractivity contribution in [1.29, 1.82) is 0 Å². The van der Waals surface area contributed by atoms with Crippen LogP contribution < -0.4 is 0 Å². The van der Waals surface area contributed by atoms with Crippen molar-refractivity contribution in [2.45, 2.75) is 148 Å². The third-order valence-corrected chi connectivity index (χ3v) is 9.57. The van der Waals surface area contributed by atoms with Crippen LogP contribution in [0, 0.1) is 0 Å². The van der Waals surface area contributed by atoms with E-state index in [0.717, 1.165) is 44.9 Å². The highest BCUT2D eigenvalue weighted by Gasteiger charge is 2.27. The van der Waals surface area contributed by atoms with Gasteiger partial charge < -0.3 is 29.1 Å². The fourth-order valence-corrected chi connectivity index (χ4v) is 5.89. The minimum Gasteiger partial charge on any atom is -0.462 e. The van der Waals surface area contributed by atoms with E-state index in [2.05, 4.69) is 19.1 Å². The topological polar surface area (TPSA) is 149 Å². The molecule has 0 aliphatic heterocycles. The molecular formula is C46H79NO10P+. The molecule has 4 atom stereocenters. The molecule has 0 amide bonds. The van der Waals surface area contributed by atoms with Crippen molar-refractivity contribution in [3.05, 3.63) is 85.1 Å². The van der Waals surface area contributed by atoms with Gasteiger partial charge in [0.25, 0.3) is 0 Å². The highest BCUT2D eigenvalue weighted by molar-refractivity contribution is 7.47. The van der Waals surface area contributed by atoms with Crippen molar-refractivity contribution in [3.63, 3.8) is 0 Å². The normalized spacial score (nSPS) is 15.5. The van der Waals surface area contributed by atoms with Gasteiger partial charge in [-0.25, -0.2) is 4.57 Å². The summed E-state index contributed by atoms with van der Waals surface area (Å²) in [7, 11) is 1.35. The van der Waals surface area contributed by atoms with Gasteiger partial charge in [-0.05, 0) is 64.2 Å². The van der Waals surface area contributed by atoms with Crippen molar-refractivity contribution in [1.82, 2.24) is 0 Å². The highest BCUT2D eigenvalue weighted by Crippen LogP contribution is 2.43. The van der Waals surface area contributed by atoms with E-state index in [4.69, 9.17) is 18.5 Å². The van der Waals surface area contributed by atoms with E-state index in [1.165, 1.54) is 25.7 Å². The number of nitrogens with zero attached hydrogens (tertiary/aromatic N) is 1. The summed E-state index contributed by atoms with van der Waals surface area (Å²) in [6, 6.07) is 0. The second-order valence-electron chi connectivity index (χ2n) is 15.4. The second-order valence-corrected chi connectivity index (χ2v) is 16.8. The van der Waals surface area contributed by atoms with Crippen LogP contribution in [-0.4, -0.2) is 97.3 Å². The maximum absolute atomic E-state index is 12.7. The Balaban J connectivity index is 4.63. The van der Waals surface area contributed by atoms with Crippen LogP contribution in [0.3, 0.4) is 0 Å². The maximum atomic E-state index is 12.7.